The number of hydrogen-bond donors (Lipinski definition) is 1. The molecule has 0 aromatic carbocycles. The first-order valence-electron chi connectivity index (χ1n) is 5.24. The summed E-state index contributed by atoms with van der Waals surface area (Å²) in [6.45, 7) is 12.4. The van der Waals surface area contributed by atoms with Gasteiger partial charge in [0.15, 0.2) is 0 Å². The molecule has 1 N–H and O–H groups in total. The van der Waals surface area contributed by atoms with Gasteiger partial charge in [-0.3, -0.25) is 0 Å². The minimum absolute atomic E-state index is 0.0765. The summed E-state index contributed by atoms with van der Waals surface area (Å²) < 4.78 is 0. The zero-order valence-electron chi connectivity index (χ0n) is 9.56. The van der Waals surface area contributed by atoms with E-state index < -0.39 is 0 Å². The van der Waals surface area contributed by atoms with E-state index in [0.29, 0.717) is 0 Å². The van der Waals surface area contributed by atoms with Gasteiger partial charge in [0, 0.05) is 0 Å². The van der Waals surface area contributed by atoms with E-state index in [1.54, 1.807) is 0 Å². The molecule has 0 fully saturated rings. The van der Waals surface area contributed by atoms with Crippen molar-refractivity contribution in [2.75, 3.05) is 0 Å². The highest BCUT2D eigenvalue weighted by Crippen LogP contribution is 2.31. The Balaban J connectivity index is 3.89. The van der Waals surface area contributed by atoms with Gasteiger partial charge in [0.05, 0.1) is 6.10 Å². The Morgan fingerprint density at radius 2 is 2.00 bits per heavy atom. The number of hydrogen-bond acceptors (Lipinski definition) is 1. The summed E-state index contributed by atoms with van der Waals surface area (Å²) in [5, 5.41) is 9.72. The Labute approximate surface area is 82.9 Å². The van der Waals surface area contributed by atoms with Gasteiger partial charge >= 0.3 is 0 Å². The number of aliphatic hydroxyl groups excluding tert-OH is 1. The second kappa shape index (κ2) is 5.43. The highest BCUT2D eigenvalue weighted by Gasteiger charge is 2.22. The van der Waals surface area contributed by atoms with Gasteiger partial charge in [-0.1, -0.05) is 45.8 Å². The lowest BCUT2D eigenvalue weighted by molar-refractivity contribution is 0.116. The van der Waals surface area contributed by atoms with Crippen LogP contribution in [0.15, 0.2) is 12.2 Å². The first-order chi connectivity index (χ1) is 5.90. The molecule has 1 heteroatoms. The summed E-state index contributed by atoms with van der Waals surface area (Å²) in [5.41, 5.74) is 1.23. The zero-order valence-corrected chi connectivity index (χ0v) is 9.56. The fraction of sp³-hybridized carbons (Fsp3) is 0.833. The van der Waals surface area contributed by atoms with Gasteiger partial charge < -0.3 is 5.11 Å². The molecule has 13 heavy (non-hydrogen) atoms. The van der Waals surface area contributed by atoms with Crippen LogP contribution in [-0.4, -0.2) is 11.2 Å². The van der Waals surface area contributed by atoms with Crippen LogP contribution in [0.3, 0.4) is 0 Å². The Hall–Kier alpha value is -0.300. The molecular formula is C12H24O. The molecule has 0 radical (unpaired) electrons. The zero-order chi connectivity index (χ0) is 10.5. The average molecular weight is 184 g/mol. The number of unbranched alkanes of at least 4 members (excludes halogenated alkanes) is 1. The summed E-state index contributed by atoms with van der Waals surface area (Å²) in [5.74, 6) is 0. The number of rotatable bonds is 6. The van der Waals surface area contributed by atoms with Gasteiger partial charge in [-0.05, 0) is 25.2 Å². The van der Waals surface area contributed by atoms with Crippen molar-refractivity contribution in [2.24, 2.45) is 5.41 Å². The van der Waals surface area contributed by atoms with Crippen molar-refractivity contribution in [2.45, 2.75) is 59.5 Å². The predicted molar refractivity (Wildman–Crippen MR) is 58.7 cm³/mol. The van der Waals surface area contributed by atoms with Crippen molar-refractivity contribution in [3.8, 4) is 0 Å². The Morgan fingerprint density at radius 3 is 2.38 bits per heavy atom. The largest absolute Gasteiger partial charge is 0.393 e. The van der Waals surface area contributed by atoms with Crippen molar-refractivity contribution < 1.29 is 5.11 Å². The molecule has 0 saturated carbocycles. The van der Waals surface area contributed by atoms with Gasteiger partial charge in [0.1, 0.15) is 0 Å². The lowest BCUT2D eigenvalue weighted by atomic mass is 9.80. The van der Waals surface area contributed by atoms with Crippen molar-refractivity contribution in [1.82, 2.24) is 0 Å². The fourth-order valence-corrected chi connectivity index (χ4v) is 1.31. The smallest absolute Gasteiger partial charge is 0.0548 e. The van der Waals surface area contributed by atoms with Crippen molar-refractivity contribution in [1.29, 1.82) is 0 Å². The molecule has 0 heterocycles. The highest BCUT2D eigenvalue weighted by atomic mass is 16.3. The Morgan fingerprint density at radius 1 is 1.46 bits per heavy atom. The van der Waals surface area contributed by atoms with Gasteiger partial charge in [-0.25, -0.2) is 0 Å². The second-order valence-electron chi connectivity index (χ2n) is 4.66. The molecular weight excluding hydrogens is 160 g/mol. The molecule has 0 bridgehead atoms. The van der Waals surface area contributed by atoms with Gasteiger partial charge in [-0.2, -0.15) is 0 Å². The van der Waals surface area contributed by atoms with Crippen molar-refractivity contribution >= 4 is 0 Å². The second-order valence-corrected chi connectivity index (χ2v) is 4.66. The molecule has 0 aliphatic rings. The van der Waals surface area contributed by atoms with Crippen LogP contribution >= 0.6 is 0 Å². The van der Waals surface area contributed by atoms with Crippen LogP contribution in [0.2, 0.25) is 0 Å². The van der Waals surface area contributed by atoms with Crippen LogP contribution in [0.25, 0.3) is 0 Å². The Kier molecular flexibility index (Phi) is 5.31. The number of aliphatic hydroxyl groups is 1. The van der Waals surface area contributed by atoms with Crippen LogP contribution in [0.1, 0.15) is 53.4 Å². The topological polar surface area (TPSA) is 20.2 Å². The third-order valence-electron chi connectivity index (χ3n) is 2.79. The van der Waals surface area contributed by atoms with Crippen molar-refractivity contribution in [3.05, 3.63) is 12.2 Å². The minimum Gasteiger partial charge on any atom is -0.393 e. The van der Waals surface area contributed by atoms with E-state index in [2.05, 4.69) is 27.4 Å². The average Bonchev–Trinajstić information content (AvgIpc) is 1.99. The summed E-state index contributed by atoms with van der Waals surface area (Å²) in [6.07, 6.45) is 3.87. The first-order valence-corrected chi connectivity index (χ1v) is 5.24. The van der Waals surface area contributed by atoms with Gasteiger partial charge in [0.2, 0.25) is 0 Å². The molecule has 0 aliphatic carbocycles. The third kappa shape index (κ3) is 5.09. The molecule has 0 aromatic heterocycles. The molecule has 0 saturated heterocycles. The standard InChI is InChI=1S/C12H24O/c1-6-7-8-11(13)9-12(4,5)10(2)3/h11,13H,2,6-9H2,1,3-5H3. The molecule has 0 aliphatic heterocycles. The monoisotopic (exact) mass is 184 g/mol. The first kappa shape index (κ1) is 12.7. The van der Waals surface area contributed by atoms with Crippen LogP contribution in [-0.2, 0) is 0 Å². The van der Waals surface area contributed by atoms with E-state index in [0.717, 1.165) is 31.3 Å². The maximum absolute atomic E-state index is 9.72. The van der Waals surface area contributed by atoms with E-state index in [1.807, 2.05) is 6.92 Å². The normalized spacial score (nSPS) is 14.2. The molecule has 0 rings (SSSR count). The SMILES string of the molecule is C=C(C)C(C)(C)CC(O)CCCC. The lowest BCUT2D eigenvalue weighted by Gasteiger charge is -2.27. The fourth-order valence-electron chi connectivity index (χ4n) is 1.31. The Bertz CT molecular complexity index is 159. The van der Waals surface area contributed by atoms with E-state index in [1.165, 1.54) is 0 Å². The summed E-state index contributed by atoms with van der Waals surface area (Å²) in [6, 6.07) is 0. The molecule has 78 valence electrons. The molecule has 1 atom stereocenters. The van der Waals surface area contributed by atoms with E-state index >= 15 is 0 Å². The maximum atomic E-state index is 9.72. The molecule has 0 aromatic rings. The third-order valence-corrected chi connectivity index (χ3v) is 2.79. The summed E-state index contributed by atoms with van der Waals surface area (Å²) >= 11 is 0. The van der Waals surface area contributed by atoms with Crippen LogP contribution in [0.4, 0.5) is 0 Å². The van der Waals surface area contributed by atoms with Crippen molar-refractivity contribution in [3.63, 3.8) is 0 Å². The summed E-state index contributed by atoms with van der Waals surface area (Å²) in [4.78, 5) is 0. The maximum Gasteiger partial charge on any atom is 0.0548 e. The van der Waals surface area contributed by atoms with Crippen LogP contribution < -0.4 is 0 Å². The number of allylic oxidation sites excluding steroid dienone is 1. The van der Waals surface area contributed by atoms with Gasteiger partial charge in [-0.15, -0.1) is 0 Å². The van der Waals surface area contributed by atoms with Crippen LogP contribution in [0.5, 0.6) is 0 Å². The predicted octanol–water partition coefficient (Wildman–Crippen LogP) is 3.53. The molecule has 1 nitrogen and oxygen atoms in total. The van der Waals surface area contributed by atoms with Gasteiger partial charge in [0.25, 0.3) is 0 Å². The molecule has 1 unspecified atom stereocenters. The van der Waals surface area contributed by atoms with E-state index in [9.17, 15) is 5.11 Å². The van der Waals surface area contributed by atoms with E-state index in [4.69, 9.17) is 0 Å². The summed E-state index contributed by atoms with van der Waals surface area (Å²) in [7, 11) is 0. The van der Waals surface area contributed by atoms with Crippen LogP contribution in [0, 0.1) is 5.41 Å². The van der Waals surface area contributed by atoms with E-state index in [-0.39, 0.29) is 11.5 Å². The quantitative estimate of drug-likeness (QED) is 0.626. The molecule has 0 amide bonds. The minimum atomic E-state index is -0.161. The lowest BCUT2D eigenvalue weighted by Crippen LogP contribution is -2.21. The highest BCUT2D eigenvalue weighted by molar-refractivity contribution is 5.03. The molecule has 0 spiro atoms.